The first-order valence-electron chi connectivity index (χ1n) is 5.29. The summed E-state index contributed by atoms with van der Waals surface area (Å²) in [7, 11) is -0.701. The van der Waals surface area contributed by atoms with Crippen molar-refractivity contribution in [2.24, 2.45) is 0 Å². The van der Waals surface area contributed by atoms with Gasteiger partial charge < -0.3 is 9.88 Å². The van der Waals surface area contributed by atoms with Gasteiger partial charge in [0.1, 0.15) is 0 Å². The molecule has 1 aliphatic rings. The summed E-state index contributed by atoms with van der Waals surface area (Å²) in [5, 5.41) is 3.29. The second-order valence-electron chi connectivity index (χ2n) is 3.98. The maximum atomic E-state index is 10.8. The minimum atomic E-state index is -0.701. The maximum absolute atomic E-state index is 10.8. The zero-order valence-electron chi connectivity index (χ0n) is 8.98. The number of imidazole rings is 1. The molecule has 1 unspecified atom stereocenters. The predicted molar refractivity (Wildman–Crippen MR) is 61.1 cm³/mol. The third kappa shape index (κ3) is 3.14. The van der Waals surface area contributed by atoms with Gasteiger partial charge >= 0.3 is 0 Å². The fraction of sp³-hybridized carbons (Fsp3) is 0.700. The van der Waals surface area contributed by atoms with E-state index in [0.29, 0.717) is 6.04 Å². The normalized spacial score (nSPS) is 17.9. The highest BCUT2D eigenvalue weighted by molar-refractivity contribution is 7.84. The van der Waals surface area contributed by atoms with Gasteiger partial charge in [0.05, 0.1) is 12.0 Å². The molecule has 1 atom stereocenters. The van der Waals surface area contributed by atoms with Crippen LogP contribution in [0.15, 0.2) is 12.5 Å². The van der Waals surface area contributed by atoms with Crippen LogP contribution in [0, 0.1) is 0 Å². The van der Waals surface area contributed by atoms with Gasteiger partial charge in [-0.25, -0.2) is 4.98 Å². The Bertz CT molecular complexity index is 346. The molecule has 1 fully saturated rings. The molecule has 0 spiro atoms. The monoisotopic (exact) mass is 227 g/mol. The topological polar surface area (TPSA) is 46.9 Å². The SMILES string of the molecule is CS(=O)CCNCc1cncn1C1CC1. The molecule has 0 bridgehead atoms. The van der Waals surface area contributed by atoms with E-state index < -0.39 is 10.8 Å². The lowest BCUT2D eigenvalue weighted by Gasteiger charge is -2.07. The van der Waals surface area contributed by atoms with Gasteiger partial charge in [-0.05, 0) is 12.8 Å². The van der Waals surface area contributed by atoms with Crippen molar-refractivity contribution in [3.05, 3.63) is 18.2 Å². The van der Waals surface area contributed by atoms with Crippen LogP contribution in [0.3, 0.4) is 0 Å². The molecule has 0 radical (unpaired) electrons. The average molecular weight is 227 g/mol. The van der Waals surface area contributed by atoms with E-state index in [2.05, 4.69) is 14.9 Å². The highest BCUT2D eigenvalue weighted by atomic mass is 32.2. The number of nitrogens with one attached hydrogen (secondary N) is 1. The van der Waals surface area contributed by atoms with E-state index in [1.54, 1.807) is 6.26 Å². The van der Waals surface area contributed by atoms with Crippen molar-refractivity contribution in [1.82, 2.24) is 14.9 Å². The summed E-state index contributed by atoms with van der Waals surface area (Å²) in [6.45, 7) is 1.63. The molecule has 1 aliphatic carbocycles. The van der Waals surface area contributed by atoms with E-state index in [1.165, 1.54) is 18.5 Å². The molecule has 0 saturated heterocycles. The molecule has 1 saturated carbocycles. The smallest absolute Gasteiger partial charge is 0.0951 e. The van der Waals surface area contributed by atoms with Crippen LogP contribution < -0.4 is 5.32 Å². The Morgan fingerprint density at radius 1 is 1.67 bits per heavy atom. The molecule has 1 aromatic heterocycles. The van der Waals surface area contributed by atoms with Gasteiger partial charge in [0.15, 0.2) is 0 Å². The Kier molecular flexibility index (Phi) is 3.53. The molecule has 84 valence electrons. The number of hydrogen-bond donors (Lipinski definition) is 1. The molecule has 15 heavy (non-hydrogen) atoms. The second kappa shape index (κ2) is 4.90. The van der Waals surface area contributed by atoms with Crippen LogP contribution in [0.25, 0.3) is 0 Å². The quantitative estimate of drug-likeness (QED) is 0.727. The third-order valence-corrected chi connectivity index (χ3v) is 3.34. The largest absolute Gasteiger partial charge is 0.330 e. The number of nitrogens with zero attached hydrogens (tertiary/aromatic N) is 2. The van der Waals surface area contributed by atoms with Gasteiger partial charge in [-0.15, -0.1) is 0 Å². The van der Waals surface area contributed by atoms with Gasteiger partial charge in [-0.3, -0.25) is 4.21 Å². The molecule has 0 aliphatic heterocycles. The summed E-state index contributed by atoms with van der Waals surface area (Å²) in [6.07, 6.45) is 8.11. The van der Waals surface area contributed by atoms with Crippen LogP contribution in [0.4, 0.5) is 0 Å². The Morgan fingerprint density at radius 2 is 2.47 bits per heavy atom. The summed E-state index contributed by atoms with van der Waals surface area (Å²) in [4.78, 5) is 4.16. The molecule has 5 heteroatoms. The van der Waals surface area contributed by atoms with Crippen molar-refractivity contribution in [3.63, 3.8) is 0 Å². The zero-order chi connectivity index (χ0) is 10.7. The molecule has 4 nitrogen and oxygen atoms in total. The molecule has 1 aromatic rings. The molecule has 0 aromatic carbocycles. The maximum Gasteiger partial charge on any atom is 0.0951 e. The van der Waals surface area contributed by atoms with Crippen molar-refractivity contribution < 1.29 is 4.21 Å². The number of rotatable bonds is 6. The van der Waals surface area contributed by atoms with Crippen LogP contribution in [0.5, 0.6) is 0 Å². The minimum absolute atomic E-state index is 0.685. The van der Waals surface area contributed by atoms with Crippen molar-refractivity contribution in [2.75, 3.05) is 18.6 Å². The molecular weight excluding hydrogens is 210 g/mol. The molecule has 1 heterocycles. The highest BCUT2D eigenvalue weighted by Gasteiger charge is 2.24. The summed E-state index contributed by atoms with van der Waals surface area (Å²) in [5.41, 5.74) is 1.24. The van der Waals surface area contributed by atoms with Crippen LogP contribution >= 0.6 is 0 Å². The number of aromatic nitrogens is 2. The van der Waals surface area contributed by atoms with Gasteiger partial charge in [-0.2, -0.15) is 0 Å². The van der Waals surface area contributed by atoms with Crippen LogP contribution in [0.2, 0.25) is 0 Å². The van der Waals surface area contributed by atoms with Gasteiger partial charge in [0, 0.05) is 48.1 Å². The molecular formula is C10H17N3OS. The fourth-order valence-electron chi connectivity index (χ4n) is 1.58. The Hall–Kier alpha value is -0.680. The third-order valence-electron chi connectivity index (χ3n) is 2.56. The lowest BCUT2D eigenvalue weighted by molar-refractivity contribution is 0.633. The summed E-state index contributed by atoms with van der Waals surface area (Å²) < 4.78 is 13.1. The standard InChI is InChI=1S/C10H17N3OS/c1-15(14)5-4-11-6-10-7-12-8-13(10)9-2-3-9/h7-9,11H,2-6H2,1H3. The van der Waals surface area contributed by atoms with E-state index in [0.717, 1.165) is 18.8 Å². The van der Waals surface area contributed by atoms with E-state index in [1.807, 2.05) is 12.5 Å². The van der Waals surface area contributed by atoms with Crippen LogP contribution in [-0.4, -0.2) is 32.3 Å². The van der Waals surface area contributed by atoms with Crippen molar-refractivity contribution >= 4 is 10.8 Å². The Morgan fingerprint density at radius 3 is 3.13 bits per heavy atom. The fourth-order valence-corrected chi connectivity index (χ4v) is 2.01. The van der Waals surface area contributed by atoms with E-state index >= 15 is 0 Å². The van der Waals surface area contributed by atoms with E-state index in [9.17, 15) is 4.21 Å². The number of hydrogen-bond acceptors (Lipinski definition) is 3. The van der Waals surface area contributed by atoms with Crippen molar-refractivity contribution in [3.8, 4) is 0 Å². The lowest BCUT2D eigenvalue weighted by Crippen LogP contribution is -2.21. The van der Waals surface area contributed by atoms with Crippen molar-refractivity contribution in [2.45, 2.75) is 25.4 Å². The first-order chi connectivity index (χ1) is 7.27. The average Bonchev–Trinajstić information content (AvgIpc) is 2.93. The van der Waals surface area contributed by atoms with Gasteiger partial charge in [0.25, 0.3) is 0 Å². The summed E-state index contributed by atoms with van der Waals surface area (Å²) >= 11 is 0. The highest BCUT2D eigenvalue weighted by Crippen LogP contribution is 2.35. The van der Waals surface area contributed by atoms with Crippen LogP contribution in [-0.2, 0) is 17.3 Å². The first-order valence-corrected chi connectivity index (χ1v) is 7.01. The molecule has 2 rings (SSSR count). The Balaban J connectivity index is 1.77. The van der Waals surface area contributed by atoms with Gasteiger partial charge in [0.2, 0.25) is 0 Å². The van der Waals surface area contributed by atoms with Crippen LogP contribution in [0.1, 0.15) is 24.6 Å². The lowest BCUT2D eigenvalue weighted by atomic mass is 10.4. The predicted octanol–water partition coefficient (Wildman–Crippen LogP) is 0.686. The summed E-state index contributed by atoms with van der Waals surface area (Å²) in [6, 6.07) is 0.685. The molecule has 1 N–H and O–H groups in total. The zero-order valence-corrected chi connectivity index (χ0v) is 9.80. The van der Waals surface area contributed by atoms with E-state index in [-0.39, 0.29) is 0 Å². The minimum Gasteiger partial charge on any atom is -0.330 e. The molecule has 0 amide bonds. The second-order valence-corrected chi connectivity index (χ2v) is 5.53. The summed E-state index contributed by atoms with van der Waals surface area (Å²) in [5.74, 6) is 0.720. The van der Waals surface area contributed by atoms with Gasteiger partial charge in [-0.1, -0.05) is 0 Å². The first kappa shape index (κ1) is 10.8. The van der Waals surface area contributed by atoms with Crippen molar-refractivity contribution in [1.29, 1.82) is 0 Å². The van der Waals surface area contributed by atoms with E-state index in [4.69, 9.17) is 0 Å². The Labute approximate surface area is 92.5 Å².